The van der Waals surface area contributed by atoms with Crippen LogP contribution in [0.25, 0.3) is 0 Å². The van der Waals surface area contributed by atoms with E-state index < -0.39 is 0 Å². The molecule has 0 spiro atoms. The van der Waals surface area contributed by atoms with Gasteiger partial charge in [-0.25, -0.2) is 4.79 Å². The van der Waals surface area contributed by atoms with Crippen molar-refractivity contribution >= 4 is 18.5 Å². The summed E-state index contributed by atoms with van der Waals surface area (Å²) >= 11 is 0. The van der Waals surface area contributed by atoms with Gasteiger partial charge in [0.15, 0.2) is 0 Å². The maximum absolute atomic E-state index is 11.0. The Balaban J connectivity index is 0.00000169. The number of halogens is 1. The predicted molar refractivity (Wildman–Crippen MR) is 57.9 cm³/mol. The zero-order valence-corrected chi connectivity index (χ0v) is 9.44. The first kappa shape index (κ1) is 13.5. The summed E-state index contributed by atoms with van der Waals surface area (Å²) in [5.74, 6) is 0. The maximum Gasteiger partial charge on any atom is 0.409 e. The highest BCUT2D eigenvalue weighted by molar-refractivity contribution is 5.85. The molecule has 1 rings (SSSR count). The third kappa shape index (κ3) is 4.67. The molecule has 0 aliphatic carbocycles. The minimum atomic E-state index is -0.157. The van der Waals surface area contributed by atoms with Crippen LogP contribution in [0.3, 0.4) is 0 Å². The van der Waals surface area contributed by atoms with E-state index in [1.807, 2.05) is 0 Å². The van der Waals surface area contributed by atoms with Crippen molar-refractivity contribution in [2.75, 3.05) is 32.8 Å². The van der Waals surface area contributed by atoms with E-state index >= 15 is 0 Å². The van der Waals surface area contributed by atoms with Gasteiger partial charge in [0.2, 0.25) is 0 Å². The van der Waals surface area contributed by atoms with Crippen LogP contribution in [0.2, 0.25) is 0 Å². The van der Waals surface area contributed by atoms with Crippen LogP contribution in [0.15, 0.2) is 0 Å². The van der Waals surface area contributed by atoms with Gasteiger partial charge in [-0.1, -0.05) is 6.92 Å². The van der Waals surface area contributed by atoms with Crippen LogP contribution in [-0.4, -0.2) is 43.8 Å². The van der Waals surface area contributed by atoms with Gasteiger partial charge in [0.1, 0.15) is 6.61 Å². The van der Waals surface area contributed by atoms with E-state index in [2.05, 4.69) is 12.2 Å². The van der Waals surface area contributed by atoms with E-state index in [4.69, 9.17) is 4.74 Å². The third-order valence-electron chi connectivity index (χ3n) is 2.05. The van der Waals surface area contributed by atoms with Crippen LogP contribution in [0.1, 0.15) is 19.8 Å². The Morgan fingerprint density at radius 1 is 1.50 bits per heavy atom. The minimum absolute atomic E-state index is 0. The molecule has 84 valence electrons. The number of carbonyl (C=O) groups excluding carboxylic acids is 1. The molecule has 0 radical (unpaired) electrons. The Kier molecular flexibility index (Phi) is 7.61. The lowest BCUT2D eigenvalue weighted by molar-refractivity contribution is 0.158. The molecule has 1 aliphatic heterocycles. The van der Waals surface area contributed by atoms with Crippen molar-refractivity contribution < 1.29 is 9.53 Å². The van der Waals surface area contributed by atoms with Gasteiger partial charge >= 0.3 is 6.09 Å². The fourth-order valence-electron chi connectivity index (χ4n) is 1.33. The summed E-state index contributed by atoms with van der Waals surface area (Å²) in [5, 5.41) is 3.30. The molecule has 0 bridgehead atoms. The SMILES string of the molecule is CCCNCCCN1CCOC1=O.Cl. The van der Waals surface area contributed by atoms with Gasteiger partial charge in [-0.3, -0.25) is 0 Å². The van der Waals surface area contributed by atoms with Gasteiger partial charge in [-0.05, 0) is 25.9 Å². The first-order valence-corrected chi connectivity index (χ1v) is 4.97. The lowest BCUT2D eigenvalue weighted by Gasteiger charge is -2.11. The van der Waals surface area contributed by atoms with E-state index in [1.54, 1.807) is 4.90 Å². The Morgan fingerprint density at radius 2 is 2.29 bits per heavy atom. The minimum Gasteiger partial charge on any atom is -0.448 e. The highest BCUT2D eigenvalue weighted by atomic mass is 35.5. The van der Waals surface area contributed by atoms with E-state index in [0.29, 0.717) is 6.61 Å². The molecular weight excluding hydrogens is 204 g/mol. The molecule has 4 nitrogen and oxygen atoms in total. The second-order valence-electron chi connectivity index (χ2n) is 3.20. The fraction of sp³-hybridized carbons (Fsp3) is 0.889. The largest absolute Gasteiger partial charge is 0.448 e. The number of nitrogens with one attached hydrogen (secondary N) is 1. The second-order valence-corrected chi connectivity index (χ2v) is 3.20. The second kappa shape index (κ2) is 7.88. The number of amides is 1. The number of cyclic esters (lactones) is 1. The van der Waals surface area contributed by atoms with Crippen LogP contribution >= 0.6 is 12.4 Å². The lowest BCUT2D eigenvalue weighted by atomic mass is 10.3. The predicted octanol–water partition coefficient (Wildman–Crippen LogP) is 1.25. The summed E-state index contributed by atoms with van der Waals surface area (Å²) in [6, 6.07) is 0. The molecule has 1 aliphatic rings. The summed E-state index contributed by atoms with van der Waals surface area (Å²) in [6.07, 6.45) is 2.01. The van der Waals surface area contributed by atoms with Gasteiger partial charge < -0.3 is 15.0 Å². The Hall–Kier alpha value is -0.480. The summed E-state index contributed by atoms with van der Waals surface area (Å²) in [6.45, 7) is 6.32. The number of rotatable bonds is 6. The standard InChI is InChI=1S/C9H18N2O2.ClH/c1-2-4-10-5-3-6-11-7-8-13-9(11)12;/h10H,2-8H2,1H3;1H. The zero-order chi connectivity index (χ0) is 9.52. The summed E-state index contributed by atoms with van der Waals surface area (Å²) in [5.41, 5.74) is 0. The quantitative estimate of drug-likeness (QED) is 0.688. The van der Waals surface area contributed by atoms with Gasteiger partial charge in [0.25, 0.3) is 0 Å². The van der Waals surface area contributed by atoms with E-state index in [-0.39, 0.29) is 18.5 Å². The van der Waals surface area contributed by atoms with Gasteiger partial charge in [0.05, 0.1) is 6.54 Å². The fourth-order valence-corrected chi connectivity index (χ4v) is 1.33. The van der Waals surface area contributed by atoms with Crippen LogP contribution in [-0.2, 0) is 4.74 Å². The molecule has 0 unspecified atom stereocenters. The molecule has 0 aromatic carbocycles. The molecule has 1 N–H and O–H groups in total. The smallest absolute Gasteiger partial charge is 0.409 e. The maximum atomic E-state index is 11.0. The van der Waals surface area contributed by atoms with E-state index in [9.17, 15) is 4.79 Å². The molecule has 14 heavy (non-hydrogen) atoms. The van der Waals surface area contributed by atoms with Crippen molar-refractivity contribution in [1.29, 1.82) is 0 Å². The number of hydrogen-bond donors (Lipinski definition) is 1. The first-order chi connectivity index (χ1) is 6.34. The normalized spacial score (nSPS) is 15.2. The highest BCUT2D eigenvalue weighted by Crippen LogP contribution is 2.02. The molecule has 0 aromatic heterocycles. The molecule has 1 saturated heterocycles. The Morgan fingerprint density at radius 3 is 2.86 bits per heavy atom. The number of nitrogens with zero attached hydrogens (tertiary/aromatic N) is 1. The van der Waals surface area contributed by atoms with Gasteiger partial charge in [0, 0.05) is 6.54 Å². The van der Waals surface area contributed by atoms with Crippen LogP contribution < -0.4 is 5.32 Å². The molecule has 5 heteroatoms. The van der Waals surface area contributed by atoms with Crippen molar-refractivity contribution in [3.63, 3.8) is 0 Å². The average Bonchev–Trinajstić information content (AvgIpc) is 2.52. The topological polar surface area (TPSA) is 41.6 Å². The van der Waals surface area contributed by atoms with E-state index in [1.165, 1.54) is 0 Å². The van der Waals surface area contributed by atoms with Crippen LogP contribution in [0.4, 0.5) is 4.79 Å². The zero-order valence-electron chi connectivity index (χ0n) is 8.62. The van der Waals surface area contributed by atoms with Gasteiger partial charge in [-0.15, -0.1) is 12.4 Å². The summed E-state index contributed by atoms with van der Waals surface area (Å²) < 4.78 is 4.81. The van der Waals surface area contributed by atoms with Crippen molar-refractivity contribution in [2.45, 2.75) is 19.8 Å². The van der Waals surface area contributed by atoms with Crippen LogP contribution in [0.5, 0.6) is 0 Å². The van der Waals surface area contributed by atoms with Crippen LogP contribution in [0, 0.1) is 0 Å². The highest BCUT2D eigenvalue weighted by Gasteiger charge is 2.20. The molecular formula is C9H19ClN2O2. The average molecular weight is 223 g/mol. The van der Waals surface area contributed by atoms with Crippen molar-refractivity contribution in [2.24, 2.45) is 0 Å². The molecule has 0 atom stereocenters. The first-order valence-electron chi connectivity index (χ1n) is 4.97. The number of carbonyl (C=O) groups is 1. The Labute approximate surface area is 91.4 Å². The molecule has 1 amide bonds. The molecule has 0 aromatic rings. The van der Waals surface area contributed by atoms with E-state index in [0.717, 1.165) is 39.0 Å². The van der Waals surface area contributed by atoms with Crippen molar-refractivity contribution in [3.05, 3.63) is 0 Å². The number of hydrogen-bond acceptors (Lipinski definition) is 3. The molecule has 0 saturated carbocycles. The third-order valence-corrected chi connectivity index (χ3v) is 2.05. The summed E-state index contributed by atoms with van der Waals surface area (Å²) in [4.78, 5) is 12.7. The van der Waals surface area contributed by atoms with Crippen molar-refractivity contribution in [1.82, 2.24) is 10.2 Å². The molecule has 1 fully saturated rings. The monoisotopic (exact) mass is 222 g/mol. The summed E-state index contributed by atoms with van der Waals surface area (Å²) in [7, 11) is 0. The Bertz CT molecular complexity index is 167. The van der Waals surface area contributed by atoms with Crippen molar-refractivity contribution in [3.8, 4) is 0 Å². The van der Waals surface area contributed by atoms with Gasteiger partial charge in [-0.2, -0.15) is 0 Å². The lowest BCUT2D eigenvalue weighted by Crippen LogP contribution is -2.28. The molecule has 1 heterocycles. The number of ether oxygens (including phenoxy) is 1.